The number of quaternary nitrogens is 1. The van der Waals surface area contributed by atoms with Gasteiger partial charge in [-0.1, -0.05) is 197 Å². The average molecular weight is 982 g/mol. The molecule has 14 heteroatoms. The minimum absolute atomic E-state index is 0. The predicted octanol–water partition coefficient (Wildman–Crippen LogP) is 8.11. The lowest BCUT2D eigenvalue weighted by molar-refractivity contribution is -0.903. The summed E-state index contributed by atoms with van der Waals surface area (Å²) in [7, 11) is 10.3. The normalized spacial score (nSPS) is 11.5. The fourth-order valence-electron chi connectivity index (χ4n) is 6.98. The molecule has 0 spiro atoms. The van der Waals surface area contributed by atoms with Crippen molar-refractivity contribution in [1.29, 1.82) is 0 Å². The summed E-state index contributed by atoms with van der Waals surface area (Å²) < 4.78 is 11.9. The Balaban J connectivity index is 0.0000348. The van der Waals surface area contributed by atoms with E-state index in [0.29, 0.717) is 44.6 Å². The van der Waals surface area contributed by atoms with Gasteiger partial charge in [-0.2, -0.15) is 0 Å². The zero-order valence-corrected chi connectivity index (χ0v) is 43.2. The highest BCUT2D eigenvalue weighted by molar-refractivity contribution is 8.77. The van der Waals surface area contributed by atoms with Gasteiger partial charge in [-0.25, -0.2) is 0 Å². The topological polar surface area (TPSA) is 96.3 Å². The van der Waals surface area contributed by atoms with Crippen LogP contribution in [-0.2, 0) is 25.6 Å². The zero-order valence-electron chi connectivity index (χ0n) is 38.4. The van der Waals surface area contributed by atoms with E-state index in [1.54, 1.807) is 33.7 Å². The summed E-state index contributed by atoms with van der Waals surface area (Å²) in [5.74, 6) is 3.54. The third kappa shape index (κ3) is 38.4. The van der Waals surface area contributed by atoms with E-state index in [-0.39, 0.29) is 28.9 Å². The molecule has 1 rings (SSSR count). The van der Waals surface area contributed by atoms with Gasteiger partial charge in [0, 0.05) is 54.6 Å². The number of nitrogens with zero attached hydrogens (tertiary/aromatic N) is 2. The summed E-state index contributed by atoms with van der Waals surface area (Å²) in [4.78, 5) is 27.6. The molecule has 0 aromatic heterocycles. The molecular formula is C46H86BBrN2O6S4. The lowest BCUT2D eigenvalue weighted by Crippen LogP contribution is -3.00. The molecule has 1 aromatic carbocycles. The van der Waals surface area contributed by atoms with Gasteiger partial charge in [0.1, 0.15) is 19.8 Å². The molecule has 0 heterocycles. The maximum Gasteiger partial charge on any atom is 0.488 e. The Morgan fingerprint density at radius 2 is 0.950 bits per heavy atom. The summed E-state index contributed by atoms with van der Waals surface area (Å²) in [6.07, 6.45) is 28.6. The van der Waals surface area contributed by atoms with Gasteiger partial charge in [0.15, 0.2) is 0 Å². The highest BCUT2D eigenvalue weighted by Gasteiger charge is 2.19. The van der Waals surface area contributed by atoms with Gasteiger partial charge in [-0.05, 0) is 18.3 Å². The van der Waals surface area contributed by atoms with Gasteiger partial charge < -0.3 is 45.9 Å². The molecule has 0 saturated carbocycles. The first kappa shape index (κ1) is 59.9. The third-order valence-electron chi connectivity index (χ3n) is 10.6. The number of rotatable bonds is 43. The van der Waals surface area contributed by atoms with Crippen molar-refractivity contribution in [1.82, 2.24) is 4.90 Å². The maximum absolute atomic E-state index is 12.7. The Morgan fingerprint density at radius 3 is 1.35 bits per heavy atom. The second kappa shape index (κ2) is 42.9. The number of hydrogen-bond donors (Lipinski definition) is 2. The summed E-state index contributed by atoms with van der Waals surface area (Å²) in [5.41, 5.74) is 1.62. The maximum atomic E-state index is 12.7. The molecule has 0 radical (unpaired) electrons. The molecule has 60 heavy (non-hydrogen) atoms. The van der Waals surface area contributed by atoms with E-state index in [0.717, 1.165) is 59.1 Å². The van der Waals surface area contributed by atoms with Crippen molar-refractivity contribution >= 4 is 67.7 Å². The first-order valence-corrected chi connectivity index (χ1v) is 28.4. The van der Waals surface area contributed by atoms with Crippen molar-refractivity contribution < 1.29 is 50.6 Å². The molecular weight excluding hydrogens is 895 g/mol. The highest BCUT2D eigenvalue weighted by Crippen LogP contribution is 2.24. The molecule has 0 atom stereocenters. The summed E-state index contributed by atoms with van der Waals surface area (Å²) in [6.45, 7) is 9.00. The van der Waals surface area contributed by atoms with E-state index in [4.69, 9.17) is 9.47 Å². The Hall–Kier alpha value is -0.0551. The first-order chi connectivity index (χ1) is 28.7. The smallest absolute Gasteiger partial charge is 0.488 e. The molecule has 0 aliphatic rings. The van der Waals surface area contributed by atoms with Crippen molar-refractivity contribution in [3.8, 4) is 0 Å². The quantitative estimate of drug-likeness (QED) is 0.0219. The summed E-state index contributed by atoms with van der Waals surface area (Å²) >= 11 is 0. The number of hydrogen-bond acceptors (Lipinski definition) is 11. The van der Waals surface area contributed by atoms with Crippen LogP contribution in [0.2, 0.25) is 0 Å². The van der Waals surface area contributed by atoms with Crippen molar-refractivity contribution in [3.05, 3.63) is 29.8 Å². The average Bonchev–Trinajstić information content (AvgIpc) is 3.21. The second-order valence-electron chi connectivity index (χ2n) is 16.7. The van der Waals surface area contributed by atoms with E-state index >= 15 is 0 Å². The molecule has 0 saturated heterocycles. The Labute approximate surface area is 395 Å². The van der Waals surface area contributed by atoms with Crippen LogP contribution in [0.5, 0.6) is 0 Å². The molecule has 0 fully saturated rings. The van der Waals surface area contributed by atoms with Crippen molar-refractivity contribution in [2.75, 3.05) is 76.5 Å². The summed E-state index contributed by atoms with van der Waals surface area (Å²) in [6, 6.07) is 7.41. The second-order valence-corrected chi connectivity index (χ2v) is 22.1. The minimum Gasteiger partial charge on any atom is -1.00 e. The number of benzene rings is 1. The standard InChI is InChI=1S/C46H86BN2O6S4.BrH/c1-5-7-9-11-13-15-17-19-21-23-38-56-58-40-36-54-45(50)30-33-48(32-25-35-49(3,4)42-43-26-28-44(29-27-43)47(52)53)34-31-46(51)55-37-41-59-57-39-24-22-20-18-16-14-12-10-8-6-2;/h26-29,52-53H,5-25,30-42H2,1-4H3;1H/q+1;/p-1. The van der Waals surface area contributed by atoms with Gasteiger partial charge in [-0.15, -0.1) is 0 Å². The third-order valence-corrected chi connectivity index (χ3v) is 15.5. The monoisotopic (exact) mass is 980 g/mol. The Morgan fingerprint density at radius 1 is 0.567 bits per heavy atom. The Bertz CT molecular complexity index is 1080. The van der Waals surface area contributed by atoms with Crippen molar-refractivity contribution in [2.45, 2.75) is 168 Å². The van der Waals surface area contributed by atoms with Gasteiger partial charge in [-0.3, -0.25) is 9.59 Å². The lowest BCUT2D eigenvalue weighted by atomic mass is 9.80. The van der Waals surface area contributed by atoms with Crippen molar-refractivity contribution in [2.24, 2.45) is 0 Å². The van der Waals surface area contributed by atoms with Crippen molar-refractivity contribution in [3.63, 3.8) is 0 Å². The number of ether oxygens (including phenoxy) is 2. The fraction of sp³-hybridized carbons (Fsp3) is 0.826. The van der Waals surface area contributed by atoms with E-state index < -0.39 is 7.12 Å². The number of carbonyl (C=O) groups is 2. The lowest BCUT2D eigenvalue weighted by Gasteiger charge is -2.31. The molecule has 0 unspecified atom stereocenters. The zero-order chi connectivity index (χ0) is 43.1. The molecule has 1 aromatic rings. The van der Waals surface area contributed by atoms with E-state index in [2.05, 4.69) is 32.8 Å². The largest absolute Gasteiger partial charge is 1.00 e. The van der Waals surface area contributed by atoms with Crippen LogP contribution >= 0.6 is 43.2 Å². The fourth-order valence-corrected chi connectivity index (χ4v) is 10.9. The van der Waals surface area contributed by atoms with Gasteiger partial charge >= 0.3 is 19.1 Å². The van der Waals surface area contributed by atoms with E-state index in [9.17, 15) is 19.6 Å². The Kier molecular flexibility index (Phi) is 42.8. The number of halogens is 1. The van der Waals surface area contributed by atoms with Crippen LogP contribution in [0.15, 0.2) is 24.3 Å². The number of esters is 2. The van der Waals surface area contributed by atoms with Crippen LogP contribution < -0.4 is 22.4 Å². The van der Waals surface area contributed by atoms with E-state index in [1.807, 2.05) is 33.7 Å². The van der Waals surface area contributed by atoms with Gasteiger partial charge in [0.2, 0.25) is 0 Å². The molecule has 0 bridgehead atoms. The minimum atomic E-state index is -1.46. The highest BCUT2D eigenvalue weighted by atomic mass is 79.9. The SMILES string of the molecule is CCCCCCCCCCCCSSCCOC(=O)CCN(CCC[N+](C)(C)Cc1ccc(B(O)O)cc1)CCC(=O)OCCSSCCCCCCCCCCCC.[Br-]. The van der Waals surface area contributed by atoms with Crippen LogP contribution in [0.25, 0.3) is 0 Å². The van der Waals surface area contributed by atoms with E-state index in [1.165, 1.54) is 128 Å². The van der Waals surface area contributed by atoms with Gasteiger partial charge in [0.05, 0.1) is 33.5 Å². The molecule has 0 aliphatic carbocycles. The predicted molar refractivity (Wildman–Crippen MR) is 263 cm³/mol. The van der Waals surface area contributed by atoms with Crippen LogP contribution in [-0.4, -0.2) is 115 Å². The number of carbonyl (C=O) groups excluding carboxylic acids is 2. The molecule has 8 nitrogen and oxygen atoms in total. The molecule has 350 valence electrons. The molecule has 0 amide bonds. The summed E-state index contributed by atoms with van der Waals surface area (Å²) in [5, 5.41) is 18.9. The molecule has 0 aliphatic heterocycles. The van der Waals surface area contributed by atoms with Crippen LogP contribution in [0.3, 0.4) is 0 Å². The van der Waals surface area contributed by atoms with Gasteiger partial charge in [0.25, 0.3) is 0 Å². The van der Waals surface area contributed by atoms with Crippen LogP contribution in [0.4, 0.5) is 0 Å². The van der Waals surface area contributed by atoms with Crippen LogP contribution in [0, 0.1) is 0 Å². The first-order valence-electron chi connectivity index (χ1n) is 23.5. The van der Waals surface area contributed by atoms with Crippen LogP contribution in [0.1, 0.15) is 167 Å². The molecule has 2 N–H and O–H groups in total. The number of unbranched alkanes of at least 4 members (excludes halogenated alkanes) is 18.